The van der Waals surface area contributed by atoms with Crippen LogP contribution in [0.3, 0.4) is 0 Å². The molecule has 1 N–H and O–H groups in total. The van der Waals surface area contributed by atoms with Crippen molar-refractivity contribution < 1.29 is 23.2 Å². The fraction of sp³-hybridized carbons (Fsp3) is 0.0714. The van der Waals surface area contributed by atoms with Crippen LogP contribution >= 0.6 is 0 Å². The molecule has 0 heterocycles. The topological polar surface area (TPSA) is 81.5 Å². The third-order valence-corrected chi connectivity index (χ3v) is 2.60. The fourth-order valence-corrected chi connectivity index (χ4v) is 1.61. The van der Waals surface area contributed by atoms with E-state index in [1.54, 1.807) is 0 Å². The van der Waals surface area contributed by atoms with Gasteiger partial charge in [0, 0.05) is 17.8 Å². The van der Waals surface area contributed by atoms with Crippen molar-refractivity contribution in [3.63, 3.8) is 0 Å². The molecule has 2 rings (SSSR count). The number of non-ortho nitro benzene ring substituents is 1. The Morgan fingerprint density at radius 2 is 1.95 bits per heavy atom. The van der Waals surface area contributed by atoms with E-state index in [-0.39, 0.29) is 17.1 Å². The summed E-state index contributed by atoms with van der Waals surface area (Å²) >= 11 is 0. The average Bonchev–Trinajstić information content (AvgIpc) is 2.49. The summed E-state index contributed by atoms with van der Waals surface area (Å²) in [7, 11) is 0. The lowest BCUT2D eigenvalue weighted by atomic mass is 10.3. The molecule has 0 atom stereocenters. The number of carbonyl (C=O) groups excluding carboxylic acids is 1. The zero-order valence-corrected chi connectivity index (χ0v) is 11.1. The lowest BCUT2D eigenvalue weighted by molar-refractivity contribution is -0.384. The Morgan fingerprint density at radius 3 is 2.64 bits per heavy atom. The number of nitro groups is 1. The first kappa shape index (κ1) is 15.4. The lowest BCUT2D eigenvalue weighted by Gasteiger charge is -2.07. The highest BCUT2D eigenvalue weighted by atomic mass is 19.2. The number of amides is 1. The molecule has 0 aliphatic rings. The molecule has 0 spiro atoms. The highest BCUT2D eigenvalue weighted by Crippen LogP contribution is 2.19. The van der Waals surface area contributed by atoms with Gasteiger partial charge in [0.05, 0.1) is 11.0 Å². The number of benzene rings is 2. The first-order chi connectivity index (χ1) is 10.5. The zero-order chi connectivity index (χ0) is 16.1. The summed E-state index contributed by atoms with van der Waals surface area (Å²) in [6.45, 7) is -0.430. The second-order valence-corrected chi connectivity index (χ2v) is 4.22. The largest absolute Gasteiger partial charge is 0.484 e. The quantitative estimate of drug-likeness (QED) is 0.680. The van der Waals surface area contributed by atoms with Gasteiger partial charge in [-0.1, -0.05) is 6.07 Å². The Labute approximate surface area is 123 Å². The summed E-state index contributed by atoms with van der Waals surface area (Å²) in [5, 5.41) is 12.9. The Morgan fingerprint density at radius 1 is 1.18 bits per heavy atom. The van der Waals surface area contributed by atoms with Gasteiger partial charge in [-0.05, 0) is 18.2 Å². The molecule has 0 aliphatic heterocycles. The van der Waals surface area contributed by atoms with E-state index in [4.69, 9.17) is 4.74 Å². The Bertz CT molecular complexity index is 722. The molecule has 22 heavy (non-hydrogen) atoms. The molecule has 8 heteroatoms. The third kappa shape index (κ3) is 3.98. The number of carbonyl (C=O) groups is 1. The molecule has 0 saturated carbocycles. The summed E-state index contributed by atoms with van der Waals surface area (Å²) in [6, 6.07) is 8.24. The maximum Gasteiger partial charge on any atom is 0.273 e. The van der Waals surface area contributed by atoms with Crippen LogP contribution in [0.15, 0.2) is 42.5 Å². The molecule has 0 aromatic heterocycles. The molecular formula is C14H10F2N2O4. The molecule has 1 amide bonds. The van der Waals surface area contributed by atoms with Gasteiger partial charge in [-0.25, -0.2) is 8.78 Å². The number of anilines is 1. The molecular weight excluding hydrogens is 298 g/mol. The maximum atomic E-state index is 13.0. The van der Waals surface area contributed by atoms with Crippen molar-refractivity contribution in [1.29, 1.82) is 0 Å². The fourth-order valence-electron chi connectivity index (χ4n) is 1.61. The van der Waals surface area contributed by atoms with Crippen LogP contribution in [0.2, 0.25) is 0 Å². The Hall–Kier alpha value is -3.03. The summed E-state index contributed by atoms with van der Waals surface area (Å²) in [4.78, 5) is 21.6. The van der Waals surface area contributed by atoms with Gasteiger partial charge in [0.2, 0.25) is 0 Å². The van der Waals surface area contributed by atoms with Crippen molar-refractivity contribution in [2.45, 2.75) is 0 Å². The summed E-state index contributed by atoms with van der Waals surface area (Å²) in [5.41, 5.74) is -0.0925. The SMILES string of the molecule is O=C(COc1cccc([N+](=O)[O-])c1)Nc1ccc(F)c(F)c1. The molecule has 0 bridgehead atoms. The van der Waals surface area contributed by atoms with E-state index in [1.807, 2.05) is 0 Å². The lowest BCUT2D eigenvalue weighted by Crippen LogP contribution is -2.20. The van der Waals surface area contributed by atoms with Crippen molar-refractivity contribution in [3.05, 3.63) is 64.2 Å². The molecule has 6 nitrogen and oxygen atoms in total. The van der Waals surface area contributed by atoms with Crippen LogP contribution in [0.4, 0.5) is 20.2 Å². The highest BCUT2D eigenvalue weighted by molar-refractivity contribution is 5.91. The second kappa shape index (κ2) is 6.61. The van der Waals surface area contributed by atoms with Gasteiger partial charge < -0.3 is 10.1 Å². The number of nitrogens with zero attached hydrogens (tertiary/aromatic N) is 1. The standard InChI is InChI=1S/C14H10F2N2O4/c15-12-5-4-9(6-13(12)16)17-14(19)8-22-11-3-1-2-10(7-11)18(20)21/h1-7H,8H2,(H,17,19). The minimum atomic E-state index is -1.09. The normalized spacial score (nSPS) is 10.1. The number of ether oxygens (including phenoxy) is 1. The van der Waals surface area contributed by atoms with Gasteiger partial charge in [-0.15, -0.1) is 0 Å². The predicted octanol–water partition coefficient (Wildman–Crippen LogP) is 2.89. The number of nitro benzene ring substituents is 1. The van der Waals surface area contributed by atoms with Crippen molar-refractivity contribution in [1.82, 2.24) is 0 Å². The maximum absolute atomic E-state index is 13.0. The smallest absolute Gasteiger partial charge is 0.273 e. The average molecular weight is 308 g/mol. The zero-order valence-electron chi connectivity index (χ0n) is 11.1. The van der Waals surface area contributed by atoms with Crippen LogP contribution in [-0.2, 0) is 4.79 Å². The number of hydrogen-bond acceptors (Lipinski definition) is 4. The summed E-state index contributed by atoms with van der Waals surface area (Å²) in [6.07, 6.45) is 0. The van der Waals surface area contributed by atoms with Gasteiger partial charge in [0.15, 0.2) is 18.2 Å². The molecule has 2 aromatic rings. The minimum Gasteiger partial charge on any atom is -0.484 e. The number of nitrogens with one attached hydrogen (secondary N) is 1. The van der Waals surface area contributed by atoms with Gasteiger partial charge in [0.1, 0.15) is 5.75 Å². The van der Waals surface area contributed by atoms with Crippen molar-refractivity contribution in [2.75, 3.05) is 11.9 Å². The van der Waals surface area contributed by atoms with E-state index in [9.17, 15) is 23.7 Å². The van der Waals surface area contributed by atoms with Gasteiger partial charge in [-0.2, -0.15) is 0 Å². The molecule has 0 saturated heterocycles. The number of hydrogen-bond donors (Lipinski definition) is 1. The van der Waals surface area contributed by atoms with Gasteiger partial charge >= 0.3 is 0 Å². The van der Waals surface area contributed by atoms with Crippen molar-refractivity contribution in [2.24, 2.45) is 0 Å². The van der Waals surface area contributed by atoms with Crippen molar-refractivity contribution in [3.8, 4) is 5.75 Å². The summed E-state index contributed by atoms with van der Waals surface area (Å²) in [5.74, 6) is -2.57. The minimum absolute atomic E-state index is 0.0755. The van der Waals surface area contributed by atoms with E-state index < -0.39 is 29.1 Å². The molecule has 114 valence electrons. The second-order valence-electron chi connectivity index (χ2n) is 4.22. The van der Waals surface area contributed by atoms with E-state index in [0.29, 0.717) is 0 Å². The molecule has 2 aromatic carbocycles. The van der Waals surface area contributed by atoms with Gasteiger partial charge in [0.25, 0.3) is 11.6 Å². The monoisotopic (exact) mass is 308 g/mol. The van der Waals surface area contributed by atoms with E-state index in [2.05, 4.69) is 5.32 Å². The van der Waals surface area contributed by atoms with Crippen LogP contribution < -0.4 is 10.1 Å². The first-order valence-electron chi connectivity index (χ1n) is 6.08. The Balaban J connectivity index is 1.94. The Kier molecular flexibility index (Phi) is 4.62. The van der Waals surface area contributed by atoms with Crippen LogP contribution in [0.1, 0.15) is 0 Å². The highest BCUT2D eigenvalue weighted by Gasteiger charge is 2.09. The van der Waals surface area contributed by atoms with Crippen LogP contribution in [0.5, 0.6) is 5.75 Å². The molecule has 0 radical (unpaired) electrons. The van der Waals surface area contributed by atoms with Crippen molar-refractivity contribution >= 4 is 17.3 Å². The van der Waals surface area contributed by atoms with E-state index in [1.165, 1.54) is 30.3 Å². The van der Waals surface area contributed by atoms with E-state index >= 15 is 0 Å². The first-order valence-corrected chi connectivity index (χ1v) is 6.08. The van der Waals surface area contributed by atoms with Crippen LogP contribution in [0, 0.1) is 21.7 Å². The summed E-state index contributed by atoms with van der Waals surface area (Å²) < 4.78 is 30.8. The predicted molar refractivity (Wildman–Crippen MR) is 73.6 cm³/mol. The molecule has 0 aliphatic carbocycles. The van der Waals surface area contributed by atoms with Crippen LogP contribution in [-0.4, -0.2) is 17.4 Å². The third-order valence-electron chi connectivity index (χ3n) is 2.60. The number of rotatable bonds is 5. The van der Waals surface area contributed by atoms with Gasteiger partial charge in [-0.3, -0.25) is 14.9 Å². The molecule has 0 unspecified atom stereocenters. The number of halogens is 2. The van der Waals surface area contributed by atoms with Crippen LogP contribution in [0.25, 0.3) is 0 Å². The van der Waals surface area contributed by atoms with E-state index in [0.717, 1.165) is 12.1 Å². The molecule has 0 fully saturated rings.